The maximum atomic E-state index is 12.8. The Morgan fingerprint density at radius 2 is 2.08 bits per heavy atom. The lowest BCUT2D eigenvalue weighted by atomic mass is 10.0. The van der Waals surface area contributed by atoms with Crippen LogP contribution < -0.4 is 5.32 Å². The zero-order valence-corrected chi connectivity index (χ0v) is 15.5. The molecule has 6 heteroatoms. The maximum Gasteiger partial charge on any atom is 0.318 e. The number of nitrogens with zero attached hydrogens (tertiary/aromatic N) is 4. The topological polar surface area (TPSA) is 63.1 Å². The second kappa shape index (κ2) is 6.96. The van der Waals surface area contributed by atoms with Gasteiger partial charge in [-0.05, 0) is 50.4 Å². The van der Waals surface area contributed by atoms with Gasteiger partial charge in [0.2, 0.25) is 0 Å². The molecule has 1 unspecified atom stereocenters. The molecule has 138 valence electrons. The summed E-state index contributed by atoms with van der Waals surface area (Å²) in [5, 5.41) is 12.2. The Kier molecular flexibility index (Phi) is 4.69. The quantitative estimate of drug-likeness (QED) is 0.889. The van der Waals surface area contributed by atoms with Crippen molar-refractivity contribution in [2.45, 2.75) is 83.7 Å². The molecule has 1 aromatic rings. The van der Waals surface area contributed by atoms with E-state index in [0.29, 0.717) is 5.41 Å². The average Bonchev–Trinajstić information content (AvgIpc) is 3.11. The highest BCUT2D eigenvalue weighted by Crippen LogP contribution is 2.49. The van der Waals surface area contributed by atoms with Gasteiger partial charge in [-0.1, -0.05) is 19.8 Å². The second-order valence-corrected chi connectivity index (χ2v) is 8.20. The molecule has 1 N–H and O–H groups in total. The largest absolute Gasteiger partial charge is 0.337 e. The number of likely N-dealkylation sites (tertiary alicyclic amines) is 1. The SMILES string of the molecule is CCCC1(CNC(=O)N2CCCC2c2nnc3n2CCCCC3)CC1. The van der Waals surface area contributed by atoms with Crippen molar-refractivity contribution in [3.8, 4) is 0 Å². The molecule has 2 amide bonds. The van der Waals surface area contributed by atoms with Gasteiger partial charge in [0.1, 0.15) is 5.82 Å². The van der Waals surface area contributed by atoms with Gasteiger partial charge in [-0.2, -0.15) is 0 Å². The Hall–Kier alpha value is -1.59. The van der Waals surface area contributed by atoms with Crippen LogP contribution in [0, 0.1) is 5.41 Å². The normalized spacial score (nSPS) is 24.7. The van der Waals surface area contributed by atoms with Crippen LogP contribution >= 0.6 is 0 Å². The van der Waals surface area contributed by atoms with E-state index in [1.807, 2.05) is 4.90 Å². The fourth-order valence-corrected chi connectivity index (χ4v) is 4.62. The van der Waals surface area contributed by atoms with E-state index in [9.17, 15) is 4.79 Å². The zero-order chi connectivity index (χ0) is 17.3. The Bertz CT molecular complexity index is 621. The summed E-state index contributed by atoms with van der Waals surface area (Å²) in [7, 11) is 0. The molecule has 0 bridgehead atoms. The summed E-state index contributed by atoms with van der Waals surface area (Å²) in [5.41, 5.74) is 0.394. The van der Waals surface area contributed by atoms with Crippen LogP contribution in [0.1, 0.15) is 82.4 Å². The minimum absolute atomic E-state index is 0.0934. The monoisotopic (exact) mass is 345 g/mol. The summed E-state index contributed by atoms with van der Waals surface area (Å²) in [6, 6.07) is 0.191. The number of carbonyl (C=O) groups is 1. The minimum atomic E-state index is 0.0934. The van der Waals surface area contributed by atoms with Crippen molar-refractivity contribution in [1.82, 2.24) is 25.0 Å². The van der Waals surface area contributed by atoms with Gasteiger partial charge < -0.3 is 14.8 Å². The molecule has 1 aliphatic carbocycles. The van der Waals surface area contributed by atoms with Crippen LogP contribution in [0.2, 0.25) is 0 Å². The van der Waals surface area contributed by atoms with Crippen LogP contribution in [0.15, 0.2) is 0 Å². The summed E-state index contributed by atoms with van der Waals surface area (Å²) >= 11 is 0. The van der Waals surface area contributed by atoms with Crippen LogP contribution in [0.3, 0.4) is 0 Å². The molecule has 25 heavy (non-hydrogen) atoms. The molecule has 1 atom stereocenters. The number of rotatable bonds is 5. The van der Waals surface area contributed by atoms with Crippen LogP contribution in [-0.2, 0) is 13.0 Å². The van der Waals surface area contributed by atoms with Gasteiger partial charge in [0.15, 0.2) is 5.82 Å². The first-order valence-corrected chi connectivity index (χ1v) is 10.2. The van der Waals surface area contributed by atoms with E-state index in [1.54, 1.807) is 0 Å². The Morgan fingerprint density at radius 1 is 1.20 bits per heavy atom. The fraction of sp³-hybridized carbons (Fsp3) is 0.842. The number of amides is 2. The number of aryl methyl sites for hydroxylation is 1. The van der Waals surface area contributed by atoms with Crippen LogP contribution in [0.4, 0.5) is 4.79 Å². The van der Waals surface area contributed by atoms with E-state index >= 15 is 0 Å². The van der Waals surface area contributed by atoms with E-state index < -0.39 is 0 Å². The number of carbonyl (C=O) groups excluding carboxylic acids is 1. The number of hydrogen-bond donors (Lipinski definition) is 1. The molecule has 6 nitrogen and oxygen atoms in total. The number of fused-ring (bicyclic) bond motifs is 1. The van der Waals surface area contributed by atoms with Gasteiger partial charge in [-0.3, -0.25) is 0 Å². The third kappa shape index (κ3) is 3.40. The highest BCUT2D eigenvalue weighted by Gasteiger charge is 2.42. The minimum Gasteiger partial charge on any atom is -0.337 e. The molecule has 4 rings (SSSR count). The Labute approximate surface area is 150 Å². The number of nitrogens with one attached hydrogen (secondary N) is 1. The summed E-state index contributed by atoms with van der Waals surface area (Å²) in [6.45, 7) is 4.90. The highest BCUT2D eigenvalue weighted by atomic mass is 16.2. The van der Waals surface area contributed by atoms with Crippen molar-refractivity contribution in [2.75, 3.05) is 13.1 Å². The standard InChI is InChI=1S/C19H31N5O/c1-2-9-19(10-11-19)14-20-18(25)23-13-6-7-15(23)17-22-21-16-8-4-3-5-12-24(16)17/h15H,2-14H2,1H3,(H,20,25). The summed E-state index contributed by atoms with van der Waals surface area (Å²) in [5.74, 6) is 2.12. The van der Waals surface area contributed by atoms with Crippen molar-refractivity contribution in [2.24, 2.45) is 5.41 Å². The molecule has 3 heterocycles. The van der Waals surface area contributed by atoms with E-state index in [2.05, 4.69) is 27.0 Å². The van der Waals surface area contributed by atoms with Crippen molar-refractivity contribution < 1.29 is 4.79 Å². The molecule has 1 saturated heterocycles. The first-order valence-electron chi connectivity index (χ1n) is 10.2. The van der Waals surface area contributed by atoms with Gasteiger partial charge in [0, 0.05) is 26.1 Å². The molecule has 3 aliphatic rings. The van der Waals surface area contributed by atoms with Crippen LogP contribution in [-0.4, -0.2) is 38.8 Å². The first kappa shape index (κ1) is 16.9. The fourth-order valence-electron chi connectivity index (χ4n) is 4.62. The van der Waals surface area contributed by atoms with Gasteiger partial charge in [-0.25, -0.2) is 4.79 Å². The van der Waals surface area contributed by atoms with E-state index in [1.165, 1.54) is 44.9 Å². The number of hydrogen-bond acceptors (Lipinski definition) is 3. The molecule has 2 aliphatic heterocycles. The lowest BCUT2D eigenvalue weighted by Crippen LogP contribution is -2.42. The van der Waals surface area contributed by atoms with E-state index in [4.69, 9.17) is 0 Å². The maximum absolute atomic E-state index is 12.8. The van der Waals surface area contributed by atoms with E-state index in [-0.39, 0.29) is 12.1 Å². The molecule has 1 aromatic heterocycles. The van der Waals surface area contributed by atoms with Crippen LogP contribution in [0.25, 0.3) is 0 Å². The predicted octanol–water partition coefficient (Wildman–Crippen LogP) is 3.43. The summed E-state index contributed by atoms with van der Waals surface area (Å²) in [6.07, 6.45) is 11.7. The molecular weight excluding hydrogens is 314 g/mol. The highest BCUT2D eigenvalue weighted by molar-refractivity contribution is 5.75. The third-order valence-electron chi connectivity index (χ3n) is 6.30. The Morgan fingerprint density at radius 3 is 2.88 bits per heavy atom. The van der Waals surface area contributed by atoms with Crippen molar-refractivity contribution in [3.63, 3.8) is 0 Å². The van der Waals surface area contributed by atoms with Crippen molar-refractivity contribution >= 4 is 6.03 Å². The molecule has 0 aromatic carbocycles. The van der Waals surface area contributed by atoms with Gasteiger partial charge in [-0.15, -0.1) is 10.2 Å². The molecule has 2 fully saturated rings. The number of urea groups is 1. The average molecular weight is 345 g/mol. The summed E-state index contributed by atoms with van der Waals surface area (Å²) in [4.78, 5) is 14.8. The first-order chi connectivity index (χ1) is 12.2. The van der Waals surface area contributed by atoms with Crippen molar-refractivity contribution in [3.05, 3.63) is 11.6 Å². The zero-order valence-electron chi connectivity index (χ0n) is 15.5. The molecule has 0 radical (unpaired) electrons. The number of aromatic nitrogens is 3. The Balaban J connectivity index is 1.44. The summed E-state index contributed by atoms with van der Waals surface area (Å²) < 4.78 is 2.29. The third-order valence-corrected chi connectivity index (χ3v) is 6.30. The van der Waals surface area contributed by atoms with Gasteiger partial charge in [0.05, 0.1) is 6.04 Å². The van der Waals surface area contributed by atoms with Gasteiger partial charge in [0.25, 0.3) is 0 Å². The lowest BCUT2D eigenvalue weighted by Gasteiger charge is -2.26. The molecular formula is C19H31N5O. The smallest absolute Gasteiger partial charge is 0.318 e. The van der Waals surface area contributed by atoms with E-state index in [0.717, 1.165) is 50.5 Å². The second-order valence-electron chi connectivity index (χ2n) is 8.20. The molecule has 0 spiro atoms. The van der Waals surface area contributed by atoms with Crippen LogP contribution in [0.5, 0.6) is 0 Å². The van der Waals surface area contributed by atoms with Crippen molar-refractivity contribution in [1.29, 1.82) is 0 Å². The van der Waals surface area contributed by atoms with Gasteiger partial charge >= 0.3 is 6.03 Å². The predicted molar refractivity (Wildman–Crippen MR) is 96.2 cm³/mol. The molecule has 1 saturated carbocycles. The lowest BCUT2D eigenvalue weighted by molar-refractivity contribution is 0.186.